The van der Waals surface area contributed by atoms with Crippen LogP contribution in [0.25, 0.3) is 75.8 Å². The van der Waals surface area contributed by atoms with Crippen LogP contribution in [0.15, 0.2) is 146 Å². The quantitative estimate of drug-likeness (QED) is 0.205. The zero-order valence-electron chi connectivity index (χ0n) is 28.6. The van der Waals surface area contributed by atoms with Gasteiger partial charge in [-0.05, 0) is 63.3 Å². The number of benzene rings is 5. The number of fused-ring (bicyclic) bond motifs is 4. The molecule has 8 rings (SSSR count). The fourth-order valence-corrected chi connectivity index (χ4v) is 6.30. The molecule has 0 unspecified atom stereocenters. The third-order valence-electron chi connectivity index (χ3n) is 7.25. The molecule has 3 heteroatoms. The van der Waals surface area contributed by atoms with Gasteiger partial charge in [-0.3, -0.25) is 4.98 Å². The molecular formula is C38H24N2S. The molecule has 0 radical (unpaired) electrons. The van der Waals surface area contributed by atoms with Gasteiger partial charge in [0.2, 0.25) is 0 Å². The van der Waals surface area contributed by atoms with Crippen LogP contribution in [0.5, 0.6) is 0 Å². The zero-order valence-corrected chi connectivity index (χ0v) is 22.4. The average molecular weight is 548 g/mol. The van der Waals surface area contributed by atoms with Crippen molar-refractivity contribution in [3.05, 3.63) is 146 Å². The Kier molecular flexibility index (Phi) is 4.20. The molecule has 5 aromatic carbocycles. The van der Waals surface area contributed by atoms with E-state index < -0.39 is 12.2 Å². The molecule has 0 bridgehead atoms. The van der Waals surface area contributed by atoms with Crippen LogP contribution in [0, 0.1) is 0 Å². The maximum Gasteiger partial charge on any atom is 0.0972 e. The highest BCUT2D eigenvalue weighted by molar-refractivity contribution is 7.18. The zero-order chi connectivity index (χ0) is 33.3. The van der Waals surface area contributed by atoms with Crippen molar-refractivity contribution in [2.24, 2.45) is 0 Å². The number of rotatable bonds is 4. The van der Waals surface area contributed by atoms with Gasteiger partial charge in [0.1, 0.15) is 0 Å². The van der Waals surface area contributed by atoms with Crippen molar-refractivity contribution in [3.8, 4) is 43.3 Å². The van der Waals surface area contributed by atoms with Crippen molar-refractivity contribution < 1.29 is 9.60 Å². The Bertz CT molecular complexity index is 2600. The standard InChI is InChI=1S/C38H24N2S/c1-2-8-25(9-3-1)35-21-22-36(41-35)29-11-6-10-28(24-29)30-18-19-33(32-14-5-4-13-31(30)32)34-20-17-27-16-15-26-12-7-23-39-37(26)38(27)40-34/h1-24H/i7D,12D,15D,16D,17D,20D,23D. The van der Waals surface area contributed by atoms with Crippen LogP contribution < -0.4 is 0 Å². The van der Waals surface area contributed by atoms with Crippen LogP contribution in [-0.4, -0.2) is 9.97 Å². The molecule has 192 valence electrons. The number of hydrogen-bond acceptors (Lipinski definition) is 3. The van der Waals surface area contributed by atoms with E-state index in [1.807, 2.05) is 54.6 Å². The summed E-state index contributed by atoms with van der Waals surface area (Å²) in [6.45, 7) is 0. The van der Waals surface area contributed by atoms with Crippen LogP contribution in [-0.2, 0) is 0 Å². The lowest BCUT2D eigenvalue weighted by Crippen LogP contribution is -1.91. The van der Waals surface area contributed by atoms with Crippen molar-refractivity contribution >= 4 is 43.9 Å². The van der Waals surface area contributed by atoms with Crippen molar-refractivity contribution in [1.29, 1.82) is 0 Å². The van der Waals surface area contributed by atoms with Gasteiger partial charge in [0, 0.05) is 32.3 Å². The van der Waals surface area contributed by atoms with Crippen LogP contribution >= 0.6 is 11.3 Å². The largest absolute Gasteiger partial charge is 0.254 e. The lowest BCUT2D eigenvalue weighted by Gasteiger charge is -2.13. The second-order valence-electron chi connectivity index (χ2n) is 9.70. The first kappa shape index (κ1) is 17.5. The third kappa shape index (κ3) is 4.19. The van der Waals surface area contributed by atoms with Gasteiger partial charge in [0.15, 0.2) is 0 Å². The molecule has 0 aliphatic rings. The second-order valence-corrected chi connectivity index (χ2v) is 10.8. The number of pyridine rings is 2. The first-order valence-electron chi connectivity index (χ1n) is 16.7. The van der Waals surface area contributed by atoms with Crippen molar-refractivity contribution in [3.63, 3.8) is 0 Å². The van der Waals surface area contributed by atoms with Crippen LogP contribution in [0.4, 0.5) is 0 Å². The Balaban J connectivity index is 1.30. The molecule has 0 aliphatic carbocycles. The highest BCUT2D eigenvalue weighted by Crippen LogP contribution is 2.39. The average Bonchev–Trinajstić information content (AvgIpc) is 3.61. The van der Waals surface area contributed by atoms with Crippen LogP contribution in [0.1, 0.15) is 9.60 Å². The molecule has 0 saturated heterocycles. The summed E-state index contributed by atoms with van der Waals surface area (Å²) >= 11 is 1.74. The number of aromatic nitrogens is 2. The summed E-state index contributed by atoms with van der Waals surface area (Å²) in [5, 5.41) is 1.65. The van der Waals surface area contributed by atoms with Crippen molar-refractivity contribution in [2.75, 3.05) is 0 Å². The number of hydrogen-bond donors (Lipinski definition) is 0. The Morgan fingerprint density at radius 1 is 0.537 bits per heavy atom. The maximum atomic E-state index is 8.97. The lowest BCUT2D eigenvalue weighted by molar-refractivity contribution is 1.37. The van der Waals surface area contributed by atoms with Gasteiger partial charge >= 0.3 is 0 Å². The predicted octanol–water partition coefficient (Wildman–Crippen LogP) is 10.7. The first-order valence-corrected chi connectivity index (χ1v) is 14.0. The molecular weight excluding hydrogens is 516 g/mol. The monoisotopic (exact) mass is 547 g/mol. The minimum absolute atomic E-state index is 0.00786. The van der Waals surface area contributed by atoms with Gasteiger partial charge < -0.3 is 0 Å². The Labute approximate surface area is 252 Å². The summed E-state index contributed by atoms with van der Waals surface area (Å²) in [6, 6.07) is 32.7. The molecule has 8 aromatic rings. The van der Waals surface area contributed by atoms with Gasteiger partial charge in [-0.2, -0.15) is 0 Å². The van der Waals surface area contributed by atoms with E-state index in [9.17, 15) is 0 Å². The summed E-state index contributed by atoms with van der Waals surface area (Å²) in [5.74, 6) is 0. The lowest BCUT2D eigenvalue weighted by atomic mass is 9.92. The van der Waals surface area contributed by atoms with Gasteiger partial charge in [-0.25, -0.2) is 4.98 Å². The van der Waals surface area contributed by atoms with E-state index in [-0.39, 0.29) is 57.7 Å². The van der Waals surface area contributed by atoms with E-state index in [1.54, 1.807) is 11.3 Å². The molecule has 0 N–H and O–H groups in total. The molecule has 3 heterocycles. The minimum atomic E-state index is -0.452. The van der Waals surface area contributed by atoms with Gasteiger partial charge in [-0.1, -0.05) is 109 Å². The topological polar surface area (TPSA) is 25.8 Å². The molecule has 0 atom stereocenters. The fourth-order valence-electron chi connectivity index (χ4n) is 5.29. The smallest absolute Gasteiger partial charge is 0.0972 e. The molecule has 0 fully saturated rings. The summed E-state index contributed by atoms with van der Waals surface area (Å²) in [7, 11) is 0. The predicted molar refractivity (Wildman–Crippen MR) is 174 cm³/mol. The molecule has 0 saturated carbocycles. The number of thiophene rings is 1. The van der Waals surface area contributed by atoms with Crippen molar-refractivity contribution in [1.82, 2.24) is 9.97 Å². The van der Waals surface area contributed by atoms with E-state index in [1.165, 1.54) is 10.4 Å². The highest BCUT2D eigenvalue weighted by atomic mass is 32.1. The maximum absolute atomic E-state index is 8.97. The molecule has 2 nitrogen and oxygen atoms in total. The van der Waals surface area contributed by atoms with Gasteiger partial charge in [-0.15, -0.1) is 11.3 Å². The Hall–Kier alpha value is -5.12. The minimum Gasteiger partial charge on any atom is -0.254 e. The van der Waals surface area contributed by atoms with E-state index in [2.05, 4.69) is 53.5 Å². The Morgan fingerprint density at radius 2 is 1.20 bits per heavy atom. The summed E-state index contributed by atoms with van der Waals surface area (Å²) in [4.78, 5) is 11.3. The summed E-state index contributed by atoms with van der Waals surface area (Å²) in [5.41, 5.74) is 5.19. The van der Waals surface area contributed by atoms with Crippen LogP contribution in [0.3, 0.4) is 0 Å². The van der Waals surface area contributed by atoms with E-state index in [0.29, 0.717) is 5.56 Å². The van der Waals surface area contributed by atoms with E-state index in [0.717, 1.165) is 32.3 Å². The normalized spacial score (nSPS) is 13.8. The second kappa shape index (κ2) is 9.81. The van der Waals surface area contributed by atoms with E-state index in [4.69, 9.17) is 14.6 Å². The molecule has 0 spiro atoms. The first-order chi connectivity index (χ1) is 23.2. The molecule has 41 heavy (non-hydrogen) atoms. The molecule has 0 aliphatic heterocycles. The third-order valence-corrected chi connectivity index (χ3v) is 8.44. The highest BCUT2D eigenvalue weighted by Gasteiger charge is 2.13. The van der Waals surface area contributed by atoms with Crippen LogP contribution in [0.2, 0.25) is 0 Å². The van der Waals surface area contributed by atoms with Gasteiger partial charge in [0.25, 0.3) is 0 Å². The van der Waals surface area contributed by atoms with Crippen molar-refractivity contribution in [2.45, 2.75) is 0 Å². The number of nitrogens with zero attached hydrogens (tertiary/aromatic N) is 2. The summed E-state index contributed by atoms with van der Waals surface area (Å²) in [6.07, 6.45) is -0.452. The van der Waals surface area contributed by atoms with E-state index >= 15 is 0 Å². The van der Waals surface area contributed by atoms with Gasteiger partial charge in [0.05, 0.1) is 26.3 Å². The molecule has 3 aromatic heterocycles. The SMILES string of the molecule is [2H]c1nc2c(c([2H])c1[2H])c([2H])c([2H])c1c([2H])c([2H])c(-c3ccc(-c4cccc(-c5ccc(-c6ccccc6)s5)c4)c4ccccc34)nc12. The molecule has 0 amide bonds. The fraction of sp³-hybridized carbons (Fsp3) is 0. The summed E-state index contributed by atoms with van der Waals surface area (Å²) < 4.78 is 59.7. The Morgan fingerprint density at radius 3 is 2.05 bits per heavy atom.